The molecular formula is C22H19F3N4. The molecule has 29 heavy (non-hydrogen) atoms. The smallest absolute Gasteiger partial charge is 0.357 e. The van der Waals surface area contributed by atoms with Crippen LogP contribution in [0, 0.1) is 0 Å². The van der Waals surface area contributed by atoms with Crippen LogP contribution in [0.1, 0.15) is 34.1 Å². The third-order valence-electron chi connectivity index (χ3n) is 5.60. The Morgan fingerprint density at radius 1 is 1.07 bits per heavy atom. The van der Waals surface area contributed by atoms with E-state index in [1.165, 1.54) is 17.7 Å². The molecule has 1 aliphatic heterocycles. The Kier molecular flexibility index (Phi) is 4.20. The summed E-state index contributed by atoms with van der Waals surface area (Å²) in [6, 6.07) is 15.3. The molecule has 7 heteroatoms. The summed E-state index contributed by atoms with van der Waals surface area (Å²) in [5.41, 5.74) is 4.10. The van der Waals surface area contributed by atoms with Gasteiger partial charge >= 0.3 is 6.18 Å². The minimum Gasteiger partial charge on any atom is -0.357 e. The molecule has 0 amide bonds. The molecule has 4 aromatic rings. The number of alkyl halides is 3. The minimum absolute atomic E-state index is 0.295. The minimum atomic E-state index is -4.37. The van der Waals surface area contributed by atoms with Gasteiger partial charge in [-0.05, 0) is 41.8 Å². The van der Waals surface area contributed by atoms with E-state index in [-0.39, 0.29) is 6.04 Å². The maximum Gasteiger partial charge on any atom is 0.416 e. The summed E-state index contributed by atoms with van der Waals surface area (Å²) in [5, 5.41) is 8.10. The maximum atomic E-state index is 13.4. The Morgan fingerprint density at radius 3 is 2.72 bits per heavy atom. The van der Waals surface area contributed by atoms with Crippen LogP contribution in [0.25, 0.3) is 10.9 Å². The Balaban J connectivity index is 1.65. The van der Waals surface area contributed by atoms with Crippen LogP contribution in [0.5, 0.6) is 0 Å². The topological polar surface area (TPSA) is 47.7 Å². The van der Waals surface area contributed by atoms with Gasteiger partial charge in [-0.1, -0.05) is 30.3 Å². The van der Waals surface area contributed by atoms with Crippen molar-refractivity contribution in [1.82, 2.24) is 20.1 Å². The second-order valence-electron chi connectivity index (χ2n) is 7.39. The number of H-pyrrole nitrogens is 2. The number of nitrogens with zero attached hydrogens (tertiary/aromatic N) is 2. The van der Waals surface area contributed by atoms with Gasteiger partial charge < -0.3 is 4.98 Å². The van der Waals surface area contributed by atoms with E-state index in [9.17, 15) is 13.2 Å². The molecule has 2 aromatic carbocycles. The highest BCUT2D eigenvalue weighted by atomic mass is 19.4. The van der Waals surface area contributed by atoms with Crippen LogP contribution in [0.4, 0.5) is 13.2 Å². The van der Waals surface area contributed by atoms with Crippen molar-refractivity contribution in [2.45, 2.75) is 25.2 Å². The van der Waals surface area contributed by atoms with E-state index in [2.05, 4.69) is 26.1 Å². The van der Waals surface area contributed by atoms with E-state index in [1.807, 2.05) is 24.3 Å². The molecule has 3 heterocycles. The third-order valence-corrected chi connectivity index (χ3v) is 5.60. The van der Waals surface area contributed by atoms with Gasteiger partial charge in [0.1, 0.15) is 0 Å². The van der Waals surface area contributed by atoms with Gasteiger partial charge in [-0.25, -0.2) is 0 Å². The van der Waals surface area contributed by atoms with Crippen LogP contribution in [0.2, 0.25) is 0 Å². The van der Waals surface area contributed by atoms with Gasteiger partial charge in [0.2, 0.25) is 0 Å². The number of aromatic nitrogens is 3. The summed E-state index contributed by atoms with van der Waals surface area (Å²) in [4.78, 5) is 5.68. The fraction of sp³-hybridized carbons (Fsp3) is 0.227. The summed E-state index contributed by atoms with van der Waals surface area (Å²) in [6.07, 6.45) is -1.85. The van der Waals surface area contributed by atoms with Gasteiger partial charge in [0, 0.05) is 41.6 Å². The fourth-order valence-electron chi connectivity index (χ4n) is 4.32. The average molecular weight is 396 g/mol. The van der Waals surface area contributed by atoms with Gasteiger partial charge in [-0.15, -0.1) is 0 Å². The van der Waals surface area contributed by atoms with Crippen molar-refractivity contribution < 1.29 is 13.2 Å². The lowest BCUT2D eigenvalue weighted by Gasteiger charge is -2.36. The van der Waals surface area contributed by atoms with Crippen LogP contribution >= 0.6 is 0 Å². The lowest BCUT2D eigenvalue weighted by Crippen LogP contribution is -2.35. The highest BCUT2D eigenvalue weighted by Crippen LogP contribution is 2.40. The highest BCUT2D eigenvalue weighted by Gasteiger charge is 2.35. The van der Waals surface area contributed by atoms with Gasteiger partial charge in [0.05, 0.1) is 11.6 Å². The second-order valence-corrected chi connectivity index (χ2v) is 7.39. The molecule has 1 atom stereocenters. The van der Waals surface area contributed by atoms with Crippen molar-refractivity contribution in [3.63, 3.8) is 0 Å². The second kappa shape index (κ2) is 6.77. The van der Waals surface area contributed by atoms with E-state index >= 15 is 0 Å². The largest absolute Gasteiger partial charge is 0.416 e. The Morgan fingerprint density at radius 2 is 1.93 bits per heavy atom. The van der Waals surface area contributed by atoms with Crippen LogP contribution in [0.15, 0.2) is 60.8 Å². The van der Waals surface area contributed by atoms with Crippen molar-refractivity contribution >= 4 is 10.9 Å². The van der Waals surface area contributed by atoms with Crippen molar-refractivity contribution in [3.8, 4) is 0 Å². The van der Waals surface area contributed by atoms with Crippen molar-refractivity contribution in [3.05, 3.63) is 88.9 Å². The van der Waals surface area contributed by atoms with E-state index in [1.54, 1.807) is 12.3 Å². The van der Waals surface area contributed by atoms with Crippen LogP contribution in [0.3, 0.4) is 0 Å². The van der Waals surface area contributed by atoms with E-state index in [4.69, 9.17) is 0 Å². The molecule has 0 saturated carbocycles. The first kappa shape index (κ1) is 18.0. The molecule has 0 radical (unpaired) electrons. The number of rotatable bonds is 3. The van der Waals surface area contributed by atoms with E-state index in [0.29, 0.717) is 12.1 Å². The van der Waals surface area contributed by atoms with Crippen molar-refractivity contribution in [2.24, 2.45) is 0 Å². The number of hydrogen-bond donors (Lipinski definition) is 2. The molecule has 0 saturated heterocycles. The normalized spacial score (nSPS) is 17.6. The van der Waals surface area contributed by atoms with Crippen molar-refractivity contribution in [2.75, 3.05) is 6.54 Å². The predicted octanol–water partition coefficient (Wildman–Crippen LogP) is 5.06. The van der Waals surface area contributed by atoms with Gasteiger partial charge in [0.25, 0.3) is 0 Å². The summed E-state index contributed by atoms with van der Waals surface area (Å²) in [7, 11) is 0. The zero-order chi connectivity index (χ0) is 20.0. The Bertz CT molecular complexity index is 1140. The predicted molar refractivity (Wildman–Crippen MR) is 104 cm³/mol. The first-order valence-corrected chi connectivity index (χ1v) is 9.49. The van der Waals surface area contributed by atoms with E-state index in [0.717, 1.165) is 41.3 Å². The Hall–Kier alpha value is -3.06. The maximum absolute atomic E-state index is 13.4. The molecule has 0 spiro atoms. The first-order valence-electron chi connectivity index (χ1n) is 9.49. The van der Waals surface area contributed by atoms with Gasteiger partial charge in [0.15, 0.2) is 0 Å². The number of fused-ring (bicyclic) bond motifs is 3. The number of halogens is 3. The number of benzene rings is 2. The quantitative estimate of drug-likeness (QED) is 0.509. The Labute approximate surface area is 165 Å². The molecule has 4 nitrogen and oxygen atoms in total. The molecule has 148 valence electrons. The SMILES string of the molecule is FC(F)(F)c1cccc(C2c3[nH]c4ccccc4c3CCN2Cc2ccn[nH]2)c1. The molecule has 1 unspecified atom stereocenters. The highest BCUT2D eigenvalue weighted by molar-refractivity contribution is 5.85. The van der Waals surface area contributed by atoms with Crippen LogP contribution < -0.4 is 0 Å². The molecule has 5 rings (SSSR count). The first-order chi connectivity index (χ1) is 14.0. The number of nitrogens with one attached hydrogen (secondary N) is 2. The summed E-state index contributed by atoms with van der Waals surface area (Å²) in [6.45, 7) is 1.32. The summed E-state index contributed by atoms with van der Waals surface area (Å²) >= 11 is 0. The van der Waals surface area contributed by atoms with E-state index < -0.39 is 11.7 Å². The zero-order valence-corrected chi connectivity index (χ0v) is 15.5. The lowest BCUT2D eigenvalue weighted by atomic mass is 9.91. The molecule has 0 aliphatic carbocycles. The molecular weight excluding hydrogens is 377 g/mol. The molecule has 0 fully saturated rings. The third kappa shape index (κ3) is 3.21. The van der Waals surface area contributed by atoms with Gasteiger partial charge in [-0.3, -0.25) is 10.00 Å². The summed E-state index contributed by atoms with van der Waals surface area (Å²) in [5.74, 6) is 0. The van der Waals surface area contributed by atoms with Gasteiger partial charge in [-0.2, -0.15) is 18.3 Å². The number of para-hydroxylation sites is 1. The summed E-state index contributed by atoms with van der Waals surface area (Å²) < 4.78 is 40.1. The molecule has 2 aromatic heterocycles. The number of aromatic amines is 2. The standard InChI is InChI=1S/C22H19F3N4/c23-22(24,25)15-5-3-4-14(12-15)21-20-18(17-6-1-2-7-19(17)27-20)9-11-29(21)13-16-8-10-26-28-16/h1-8,10,12,21,27H,9,11,13H2,(H,26,28). The zero-order valence-electron chi connectivity index (χ0n) is 15.5. The van der Waals surface area contributed by atoms with Crippen LogP contribution in [-0.4, -0.2) is 26.6 Å². The molecule has 0 bridgehead atoms. The molecule has 1 aliphatic rings. The number of hydrogen-bond acceptors (Lipinski definition) is 2. The monoisotopic (exact) mass is 396 g/mol. The fourth-order valence-corrected chi connectivity index (χ4v) is 4.32. The van der Waals surface area contributed by atoms with Crippen molar-refractivity contribution in [1.29, 1.82) is 0 Å². The lowest BCUT2D eigenvalue weighted by molar-refractivity contribution is -0.137. The van der Waals surface area contributed by atoms with Crippen LogP contribution in [-0.2, 0) is 19.1 Å². The average Bonchev–Trinajstić information content (AvgIpc) is 3.34. The molecule has 2 N–H and O–H groups in total.